The molecule has 1 fully saturated rings. The second-order valence-corrected chi connectivity index (χ2v) is 6.47. The Morgan fingerprint density at radius 2 is 1.91 bits per heavy atom. The van der Waals surface area contributed by atoms with Crippen molar-refractivity contribution in [1.82, 2.24) is 4.90 Å². The molecule has 2 rings (SSSR count). The predicted octanol–water partition coefficient (Wildman–Crippen LogP) is 3.72. The molecule has 1 amide bonds. The third kappa shape index (κ3) is 3.58. The third-order valence-electron chi connectivity index (χ3n) is 3.57. The van der Waals surface area contributed by atoms with Crippen LogP contribution in [0.25, 0.3) is 0 Å². The molecule has 0 bridgehead atoms. The first kappa shape index (κ1) is 17.1. The molecular formula is C16H17F3N2O2. The maximum Gasteiger partial charge on any atom is 0.411 e. The lowest BCUT2D eigenvalue weighted by Crippen LogP contribution is -2.39. The highest BCUT2D eigenvalue weighted by Gasteiger charge is 2.40. The molecule has 0 unspecified atom stereocenters. The second-order valence-electron chi connectivity index (χ2n) is 6.47. The van der Waals surface area contributed by atoms with E-state index >= 15 is 0 Å². The molecule has 2 atom stereocenters. The lowest BCUT2D eigenvalue weighted by Gasteiger charge is -2.26. The van der Waals surface area contributed by atoms with Crippen molar-refractivity contribution in [3.8, 4) is 6.07 Å². The van der Waals surface area contributed by atoms with Gasteiger partial charge in [-0.3, -0.25) is 4.90 Å². The fraction of sp³-hybridized carbons (Fsp3) is 0.500. The summed E-state index contributed by atoms with van der Waals surface area (Å²) < 4.78 is 46.4. The lowest BCUT2D eigenvalue weighted by molar-refractivity contribution is 0.0257. The van der Waals surface area contributed by atoms with Crippen LogP contribution in [0.4, 0.5) is 18.0 Å². The van der Waals surface area contributed by atoms with Crippen molar-refractivity contribution in [2.45, 2.75) is 44.8 Å². The van der Waals surface area contributed by atoms with Gasteiger partial charge in [-0.05, 0) is 39.3 Å². The Labute approximate surface area is 132 Å². The Balaban J connectivity index is 2.28. The van der Waals surface area contributed by atoms with Gasteiger partial charge >= 0.3 is 6.09 Å². The van der Waals surface area contributed by atoms with E-state index in [1.807, 2.05) is 6.07 Å². The van der Waals surface area contributed by atoms with Crippen molar-refractivity contribution in [3.05, 3.63) is 35.1 Å². The molecule has 7 heteroatoms. The number of amides is 1. The molecule has 124 valence electrons. The van der Waals surface area contributed by atoms with E-state index in [4.69, 9.17) is 4.74 Å². The number of nitriles is 1. The number of carbonyl (C=O) groups is 1. The van der Waals surface area contributed by atoms with Crippen LogP contribution >= 0.6 is 0 Å². The Kier molecular flexibility index (Phi) is 4.55. The highest BCUT2D eigenvalue weighted by molar-refractivity contribution is 5.69. The van der Waals surface area contributed by atoms with Crippen LogP contribution in [-0.2, 0) is 4.74 Å². The van der Waals surface area contributed by atoms with E-state index in [2.05, 4.69) is 0 Å². The van der Waals surface area contributed by atoms with Gasteiger partial charge in [0, 0.05) is 18.0 Å². The number of halogens is 3. The zero-order valence-electron chi connectivity index (χ0n) is 13.1. The van der Waals surface area contributed by atoms with Crippen LogP contribution in [-0.4, -0.2) is 29.2 Å². The zero-order chi connectivity index (χ0) is 17.4. The maximum absolute atomic E-state index is 13.9. The van der Waals surface area contributed by atoms with Gasteiger partial charge < -0.3 is 4.74 Å². The normalized spacial score (nSPS) is 21.2. The smallest absolute Gasteiger partial charge is 0.411 e. The van der Waals surface area contributed by atoms with Crippen LogP contribution in [0.2, 0.25) is 0 Å². The van der Waals surface area contributed by atoms with Gasteiger partial charge in [-0.1, -0.05) is 0 Å². The topological polar surface area (TPSA) is 53.3 Å². The summed E-state index contributed by atoms with van der Waals surface area (Å²) in [5, 5.41) is 9.18. The highest BCUT2D eigenvalue weighted by atomic mass is 19.2. The highest BCUT2D eigenvalue weighted by Crippen LogP contribution is 2.35. The van der Waals surface area contributed by atoms with E-state index in [0.717, 1.165) is 11.0 Å². The summed E-state index contributed by atoms with van der Waals surface area (Å²) in [5.74, 6) is -4.14. The van der Waals surface area contributed by atoms with Crippen LogP contribution < -0.4 is 0 Å². The van der Waals surface area contributed by atoms with Gasteiger partial charge in [-0.2, -0.15) is 5.26 Å². The SMILES string of the molecule is CC(C)(C)OC(=O)N1C[C@@H](c2c(F)ccc(F)c2F)C[C@@H]1C#N. The standard InChI is InChI=1S/C16H17F3N2O2/c1-16(2,3)23-15(22)21-8-9(6-10(21)7-20)13-11(17)4-5-12(18)14(13)19/h4-5,9-10H,6,8H2,1-3H3/t9-,10+/m0/s1. The summed E-state index contributed by atoms with van der Waals surface area (Å²) in [4.78, 5) is 13.3. The van der Waals surface area contributed by atoms with Gasteiger partial charge in [0.15, 0.2) is 11.6 Å². The van der Waals surface area contributed by atoms with Crippen LogP contribution in [0.15, 0.2) is 12.1 Å². The van der Waals surface area contributed by atoms with Crippen molar-refractivity contribution in [3.63, 3.8) is 0 Å². The van der Waals surface area contributed by atoms with Gasteiger partial charge in [0.25, 0.3) is 0 Å². The second kappa shape index (κ2) is 6.11. The fourth-order valence-corrected chi connectivity index (χ4v) is 2.61. The molecule has 1 aliphatic rings. The van der Waals surface area contributed by atoms with Crippen molar-refractivity contribution in [2.24, 2.45) is 0 Å². The Morgan fingerprint density at radius 1 is 1.30 bits per heavy atom. The van der Waals surface area contributed by atoms with Gasteiger partial charge in [0.1, 0.15) is 17.5 Å². The van der Waals surface area contributed by atoms with E-state index < -0.39 is 46.7 Å². The minimum absolute atomic E-state index is 0.0209. The molecule has 1 saturated heterocycles. The van der Waals surface area contributed by atoms with Crippen LogP contribution in [0.3, 0.4) is 0 Å². The molecule has 0 aromatic heterocycles. The van der Waals surface area contributed by atoms with E-state index in [1.165, 1.54) is 0 Å². The molecular weight excluding hydrogens is 309 g/mol. The van der Waals surface area contributed by atoms with E-state index in [0.29, 0.717) is 6.07 Å². The van der Waals surface area contributed by atoms with Gasteiger partial charge in [0.05, 0.1) is 6.07 Å². The molecule has 1 aliphatic heterocycles. The van der Waals surface area contributed by atoms with Crippen LogP contribution in [0, 0.1) is 28.8 Å². The Bertz CT molecular complexity index is 665. The molecule has 4 nitrogen and oxygen atoms in total. The average Bonchev–Trinajstić information content (AvgIpc) is 2.85. The maximum atomic E-state index is 13.9. The Morgan fingerprint density at radius 3 is 2.48 bits per heavy atom. The number of carbonyl (C=O) groups excluding carboxylic acids is 1. The van der Waals surface area contributed by atoms with Crippen molar-refractivity contribution >= 4 is 6.09 Å². The minimum Gasteiger partial charge on any atom is -0.444 e. The lowest BCUT2D eigenvalue weighted by atomic mass is 9.95. The average molecular weight is 326 g/mol. The number of ether oxygens (including phenoxy) is 1. The van der Waals surface area contributed by atoms with Gasteiger partial charge in [0.2, 0.25) is 0 Å². The Hall–Kier alpha value is -2.23. The molecule has 0 spiro atoms. The van der Waals surface area contributed by atoms with Crippen molar-refractivity contribution < 1.29 is 22.7 Å². The third-order valence-corrected chi connectivity index (χ3v) is 3.57. The molecule has 1 heterocycles. The number of hydrogen-bond donors (Lipinski definition) is 0. The van der Waals surface area contributed by atoms with E-state index in [1.54, 1.807) is 20.8 Å². The number of benzene rings is 1. The molecule has 0 aliphatic carbocycles. The molecule has 0 N–H and O–H groups in total. The monoisotopic (exact) mass is 326 g/mol. The molecule has 1 aromatic rings. The largest absolute Gasteiger partial charge is 0.444 e. The molecule has 1 aromatic carbocycles. The molecule has 0 saturated carbocycles. The molecule has 0 radical (unpaired) electrons. The van der Waals surface area contributed by atoms with Crippen LogP contribution in [0.1, 0.15) is 38.7 Å². The quantitative estimate of drug-likeness (QED) is 0.739. The molecule has 23 heavy (non-hydrogen) atoms. The summed E-state index contributed by atoms with van der Waals surface area (Å²) in [7, 11) is 0. The summed E-state index contributed by atoms with van der Waals surface area (Å²) >= 11 is 0. The van der Waals surface area contributed by atoms with E-state index in [-0.39, 0.29) is 13.0 Å². The number of nitrogens with zero attached hydrogens (tertiary/aromatic N) is 2. The van der Waals surface area contributed by atoms with Crippen molar-refractivity contribution in [2.75, 3.05) is 6.54 Å². The zero-order valence-corrected chi connectivity index (χ0v) is 13.1. The first-order valence-corrected chi connectivity index (χ1v) is 7.16. The summed E-state index contributed by atoms with van der Waals surface area (Å²) in [6, 6.07) is 2.59. The predicted molar refractivity (Wildman–Crippen MR) is 76.0 cm³/mol. The van der Waals surface area contributed by atoms with Crippen LogP contribution in [0.5, 0.6) is 0 Å². The summed E-state index contributed by atoms with van der Waals surface area (Å²) in [6.45, 7) is 4.91. The summed E-state index contributed by atoms with van der Waals surface area (Å²) in [5.41, 5.74) is -1.19. The minimum atomic E-state index is -1.28. The number of hydrogen-bond acceptors (Lipinski definition) is 3. The van der Waals surface area contributed by atoms with Gasteiger partial charge in [-0.25, -0.2) is 18.0 Å². The first-order valence-electron chi connectivity index (χ1n) is 7.16. The van der Waals surface area contributed by atoms with Gasteiger partial charge in [-0.15, -0.1) is 0 Å². The number of rotatable bonds is 1. The number of likely N-dealkylation sites (tertiary alicyclic amines) is 1. The van der Waals surface area contributed by atoms with E-state index in [9.17, 15) is 23.2 Å². The fourth-order valence-electron chi connectivity index (χ4n) is 2.61. The first-order chi connectivity index (χ1) is 10.6. The van der Waals surface area contributed by atoms with Crippen molar-refractivity contribution in [1.29, 1.82) is 5.26 Å². The summed E-state index contributed by atoms with van der Waals surface area (Å²) in [6.07, 6.45) is -0.712.